The third-order valence-corrected chi connectivity index (χ3v) is 3.15. The Morgan fingerprint density at radius 1 is 1.24 bits per heavy atom. The van der Waals surface area contributed by atoms with Crippen molar-refractivity contribution in [2.24, 2.45) is 5.10 Å². The summed E-state index contributed by atoms with van der Waals surface area (Å²) in [5, 5.41) is 35.4. The van der Waals surface area contributed by atoms with Crippen molar-refractivity contribution in [3.63, 3.8) is 0 Å². The standard InChI is InChI=1S/C14H12N4O7/c1-7-5-12(19)13(14(20)25-7)8(2)15-16-10-4-3-9(17(21)22)6-11(10)18(23)24/h3-6,16,19H,1-2H3/b15-8-. The quantitative estimate of drug-likeness (QED) is 0.472. The van der Waals surface area contributed by atoms with Crippen molar-refractivity contribution in [3.8, 4) is 5.75 Å². The first-order chi connectivity index (χ1) is 11.7. The second-order valence-electron chi connectivity index (χ2n) is 4.93. The van der Waals surface area contributed by atoms with Gasteiger partial charge in [-0.05, 0) is 19.9 Å². The van der Waals surface area contributed by atoms with Crippen LogP contribution >= 0.6 is 0 Å². The van der Waals surface area contributed by atoms with E-state index in [1.165, 1.54) is 19.9 Å². The number of rotatable bonds is 5. The van der Waals surface area contributed by atoms with Crippen molar-refractivity contribution in [1.82, 2.24) is 0 Å². The molecule has 0 aliphatic rings. The SMILES string of the molecule is C/C(=N/Nc1ccc([N+](=O)[O-])cc1[N+](=O)[O-])c1c(O)cc(C)oc1=O. The van der Waals surface area contributed by atoms with E-state index in [4.69, 9.17) is 4.42 Å². The molecule has 0 unspecified atom stereocenters. The fourth-order valence-electron chi connectivity index (χ4n) is 2.01. The fraction of sp³-hybridized carbons (Fsp3) is 0.143. The van der Waals surface area contributed by atoms with Gasteiger partial charge in [0.25, 0.3) is 5.69 Å². The van der Waals surface area contributed by atoms with Gasteiger partial charge in [-0.15, -0.1) is 0 Å². The molecule has 0 saturated heterocycles. The minimum absolute atomic E-state index is 0.0129. The minimum atomic E-state index is -0.821. The maximum atomic E-state index is 11.8. The molecular weight excluding hydrogens is 336 g/mol. The van der Waals surface area contributed by atoms with Crippen LogP contribution in [0.3, 0.4) is 0 Å². The van der Waals surface area contributed by atoms with Crippen LogP contribution in [0.25, 0.3) is 0 Å². The number of nitrogens with zero attached hydrogens (tertiary/aromatic N) is 3. The fourth-order valence-corrected chi connectivity index (χ4v) is 2.01. The molecule has 0 radical (unpaired) electrons. The van der Waals surface area contributed by atoms with Crippen LogP contribution in [-0.4, -0.2) is 20.7 Å². The maximum Gasteiger partial charge on any atom is 0.348 e. The molecule has 130 valence electrons. The molecule has 0 aliphatic heterocycles. The lowest BCUT2D eigenvalue weighted by Gasteiger charge is -2.05. The van der Waals surface area contributed by atoms with Gasteiger partial charge in [0.15, 0.2) is 0 Å². The van der Waals surface area contributed by atoms with Crippen LogP contribution in [0.2, 0.25) is 0 Å². The summed E-state index contributed by atoms with van der Waals surface area (Å²) in [6.45, 7) is 2.86. The average molecular weight is 348 g/mol. The summed E-state index contributed by atoms with van der Waals surface area (Å²) in [6, 6.07) is 4.19. The highest BCUT2D eigenvalue weighted by Crippen LogP contribution is 2.29. The zero-order valence-electron chi connectivity index (χ0n) is 13.0. The van der Waals surface area contributed by atoms with Crippen molar-refractivity contribution in [2.45, 2.75) is 13.8 Å². The molecule has 2 aromatic rings. The third kappa shape index (κ3) is 3.77. The van der Waals surface area contributed by atoms with Crippen LogP contribution in [0.5, 0.6) is 5.75 Å². The highest BCUT2D eigenvalue weighted by molar-refractivity contribution is 6.01. The molecule has 2 rings (SSSR count). The van der Waals surface area contributed by atoms with Crippen LogP contribution in [0.4, 0.5) is 17.1 Å². The van der Waals surface area contributed by atoms with Gasteiger partial charge in [0.2, 0.25) is 0 Å². The van der Waals surface area contributed by atoms with Gasteiger partial charge in [-0.25, -0.2) is 4.79 Å². The highest BCUT2D eigenvalue weighted by Gasteiger charge is 2.20. The lowest BCUT2D eigenvalue weighted by Crippen LogP contribution is -2.14. The second kappa shape index (κ2) is 6.78. The van der Waals surface area contributed by atoms with Gasteiger partial charge in [0, 0.05) is 12.1 Å². The van der Waals surface area contributed by atoms with Gasteiger partial charge in [0.05, 0.1) is 21.6 Å². The van der Waals surface area contributed by atoms with E-state index in [0.717, 1.165) is 18.2 Å². The molecule has 1 aromatic heterocycles. The maximum absolute atomic E-state index is 11.8. The van der Waals surface area contributed by atoms with Gasteiger partial charge >= 0.3 is 11.3 Å². The monoisotopic (exact) mass is 348 g/mol. The summed E-state index contributed by atoms with van der Waals surface area (Å²) in [5.74, 6) is -0.145. The Labute approximate surface area is 139 Å². The number of anilines is 1. The third-order valence-electron chi connectivity index (χ3n) is 3.15. The van der Waals surface area contributed by atoms with Crippen molar-refractivity contribution >= 4 is 22.8 Å². The van der Waals surface area contributed by atoms with Crippen molar-refractivity contribution in [3.05, 3.63) is 66.2 Å². The summed E-state index contributed by atoms with van der Waals surface area (Å²) in [4.78, 5) is 32.0. The Bertz CT molecular complexity index is 949. The van der Waals surface area contributed by atoms with Crippen molar-refractivity contribution < 1.29 is 19.4 Å². The van der Waals surface area contributed by atoms with E-state index in [-0.39, 0.29) is 28.5 Å². The number of aryl methyl sites for hydroxylation is 1. The molecule has 1 heterocycles. The van der Waals surface area contributed by atoms with Crippen molar-refractivity contribution in [2.75, 3.05) is 5.43 Å². The largest absolute Gasteiger partial charge is 0.507 e. The number of non-ortho nitro benzene ring substituents is 1. The van der Waals surface area contributed by atoms with E-state index >= 15 is 0 Å². The topological polar surface area (TPSA) is 161 Å². The Hall–Kier alpha value is -3.76. The lowest BCUT2D eigenvalue weighted by atomic mass is 10.2. The number of hydrazone groups is 1. The van der Waals surface area contributed by atoms with Crippen molar-refractivity contribution in [1.29, 1.82) is 0 Å². The molecular formula is C14H12N4O7. The molecule has 0 aliphatic carbocycles. The summed E-state index contributed by atoms with van der Waals surface area (Å²) < 4.78 is 4.86. The molecule has 25 heavy (non-hydrogen) atoms. The van der Waals surface area contributed by atoms with Crippen LogP contribution in [-0.2, 0) is 0 Å². The van der Waals surface area contributed by atoms with Gasteiger partial charge in [-0.1, -0.05) is 0 Å². The molecule has 11 nitrogen and oxygen atoms in total. The van der Waals surface area contributed by atoms with E-state index < -0.39 is 26.8 Å². The number of hydrogen-bond donors (Lipinski definition) is 2. The molecule has 0 atom stereocenters. The molecule has 11 heteroatoms. The summed E-state index contributed by atoms with van der Waals surface area (Å²) in [7, 11) is 0. The van der Waals surface area contributed by atoms with E-state index in [1.807, 2.05) is 0 Å². The van der Waals surface area contributed by atoms with Crippen LogP contribution in [0.1, 0.15) is 18.2 Å². The molecule has 0 fully saturated rings. The van der Waals surface area contributed by atoms with Gasteiger partial charge < -0.3 is 9.52 Å². The average Bonchev–Trinajstić information content (AvgIpc) is 2.51. The van der Waals surface area contributed by atoms with E-state index in [1.54, 1.807) is 0 Å². The predicted molar refractivity (Wildman–Crippen MR) is 87.0 cm³/mol. The van der Waals surface area contributed by atoms with Gasteiger partial charge in [-0.2, -0.15) is 5.10 Å². The highest BCUT2D eigenvalue weighted by atomic mass is 16.6. The number of benzene rings is 1. The minimum Gasteiger partial charge on any atom is -0.507 e. The zero-order chi connectivity index (χ0) is 18.7. The smallest absolute Gasteiger partial charge is 0.348 e. The Morgan fingerprint density at radius 3 is 2.48 bits per heavy atom. The van der Waals surface area contributed by atoms with Gasteiger partial charge in [0.1, 0.15) is 22.8 Å². The Kier molecular flexibility index (Phi) is 4.77. The van der Waals surface area contributed by atoms with Crippen LogP contribution < -0.4 is 11.1 Å². The Balaban J connectivity index is 2.40. The summed E-state index contributed by atoms with van der Waals surface area (Å²) in [6.07, 6.45) is 0. The zero-order valence-corrected chi connectivity index (χ0v) is 13.0. The summed E-state index contributed by atoms with van der Waals surface area (Å²) in [5.41, 5.74) is 0.214. The van der Waals surface area contributed by atoms with E-state index in [2.05, 4.69) is 10.5 Å². The normalized spacial score (nSPS) is 11.2. The van der Waals surface area contributed by atoms with Gasteiger partial charge in [-0.3, -0.25) is 25.7 Å². The first-order valence-corrected chi connectivity index (χ1v) is 6.78. The molecule has 0 spiro atoms. The first kappa shape index (κ1) is 17.6. The van der Waals surface area contributed by atoms with E-state index in [9.17, 15) is 30.1 Å². The number of aromatic hydroxyl groups is 1. The molecule has 2 N–H and O–H groups in total. The number of nitro groups is 2. The first-order valence-electron chi connectivity index (χ1n) is 6.78. The second-order valence-corrected chi connectivity index (χ2v) is 4.93. The molecule has 0 saturated carbocycles. The Morgan fingerprint density at radius 2 is 1.92 bits per heavy atom. The van der Waals surface area contributed by atoms with Crippen LogP contribution in [0.15, 0.2) is 38.6 Å². The molecule has 0 amide bonds. The number of nitrogens with one attached hydrogen (secondary N) is 1. The molecule has 0 bridgehead atoms. The lowest BCUT2D eigenvalue weighted by molar-refractivity contribution is -0.393. The predicted octanol–water partition coefficient (Wildman–Crippen LogP) is 2.31. The van der Waals surface area contributed by atoms with E-state index in [0.29, 0.717) is 0 Å². The molecule has 1 aromatic carbocycles. The number of nitro benzene ring substituents is 2. The van der Waals surface area contributed by atoms with Crippen LogP contribution in [0, 0.1) is 27.2 Å². The summed E-state index contributed by atoms with van der Waals surface area (Å²) >= 11 is 0. The number of hydrogen-bond acceptors (Lipinski definition) is 9.